The molecule has 1 rings (SSSR count). The summed E-state index contributed by atoms with van der Waals surface area (Å²) >= 11 is 0. The first-order valence-corrected chi connectivity index (χ1v) is 4.73. The molecular weight excluding hydrogens is 150 g/mol. The summed E-state index contributed by atoms with van der Waals surface area (Å²) < 4.78 is 5.17. The van der Waals surface area contributed by atoms with E-state index in [0.717, 1.165) is 24.3 Å². The fourth-order valence-electron chi connectivity index (χ4n) is 1.26. The maximum atomic E-state index is 5.17. The molecule has 0 unspecified atom stereocenters. The van der Waals surface area contributed by atoms with Crippen molar-refractivity contribution in [1.29, 1.82) is 0 Å². The van der Waals surface area contributed by atoms with Crippen LogP contribution in [0.4, 0.5) is 0 Å². The SMILES string of the molecule is CCCCCc1o[c]nc1CC. The second-order valence-corrected chi connectivity index (χ2v) is 2.99. The molecule has 0 aliphatic heterocycles. The molecule has 12 heavy (non-hydrogen) atoms. The predicted octanol–water partition coefficient (Wildman–Crippen LogP) is 2.77. The molecule has 0 saturated heterocycles. The molecule has 0 aromatic carbocycles. The minimum Gasteiger partial charge on any atom is -0.437 e. The van der Waals surface area contributed by atoms with Crippen LogP contribution >= 0.6 is 0 Å². The second-order valence-electron chi connectivity index (χ2n) is 2.99. The van der Waals surface area contributed by atoms with Gasteiger partial charge in [-0.25, -0.2) is 4.98 Å². The maximum absolute atomic E-state index is 5.17. The summed E-state index contributed by atoms with van der Waals surface area (Å²) in [5, 5.41) is 0. The van der Waals surface area contributed by atoms with Crippen LogP contribution in [0.3, 0.4) is 0 Å². The van der Waals surface area contributed by atoms with Gasteiger partial charge in [-0.2, -0.15) is 0 Å². The highest BCUT2D eigenvalue weighted by atomic mass is 16.3. The van der Waals surface area contributed by atoms with Gasteiger partial charge in [-0.1, -0.05) is 26.7 Å². The third kappa shape index (κ3) is 2.36. The quantitative estimate of drug-likeness (QED) is 0.628. The van der Waals surface area contributed by atoms with Crippen LogP contribution in [0.1, 0.15) is 44.6 Å². The topological polar surface area (TPSA) is 26.0 Å². The lowest BCUT2D eigenvalue weighted by molar-refractivity contribution is 0.482. The van der Waals surface area contributed by atoms with E-state index in [1.807, 2.05) is 0 Å². The summed E-state index contributed by atoms with van der Waals surface area (Å²) in [5.41, 5.74) is 1.08. The lowest BCUT2D eigenvalue weighted by atomic mass is 10.1. The van der Waals surface area contributed by atoms with Gasteiger partial charge in [-0.15, -0.1) is 0 Å². The molecule has 0 spiro atoms. The smallest absolute Gasteiger partial charge is 0.284 e. The maximum Gasteiger partial charge on any atom is 0.284 e. The Kier molecular flexibility index (Phi) is 3.85. The first-order valence-electron chi connectivity index (χ1n) is 4.73. The van der Waals surface area contributed by atoms with Crippen molar-refractivity contribution in [3.63, 3.8) is 0 Å². The fourth-order valence-corrected chi connectivity index (χ4v) is 1.26. The molecule has 0 bridgehead atoms. The zero-order valence-corrected chi connectivity index (χ0v) is 7.89. The van der Waals surface area contributed by atoms with E-state index in [1.54, 1.807) is 0 Å². The van der Waals surface area contributed by atoms with Crippen molar-refractivity contribution in [3.05, 3.63) is 17.8 Å². The molecule has 0 amide bonds. The molecule has 2 heteroatoms. The predicted molar refractivity (Wildman–Crippen MR) is 47.9 cm³/mol. The average Bonchev–Trinajstić information content (AvgIpc) is 2.52. The van der Waals surface area contributed by atoms with Gasteiger partial charge in [0.25, 0.3) is 6.39 Å². The van der Waals surface area contributed by atoms with Gasteiger partial charge in [-0.3, -0.25) is 0 Å². The van der Waals surface area contributed by atoms with Gasteiger partial charge >= 0.3 is 0 Å². The van der Waals surface area contributed by atoms with Gasteiger partial charge in [0.15, 0.2) is 0 Å². The van der Waals surface area contributed by atoms with E-state index >= 15 is 0 Å². The normalized spacial score (nSPS) is 10.5. The molecule has 0 aliphatic carbocycles. The molecule has 1 aromatic heterocycles. The van der Waals surface area contributed by atoms with E-state index in [9.17, 15) is 0 Å². The summed E-state index contributed by atoms with van der Waals surface area (Å²) in [7, 11) is 0. The van der Waals surface area contributed by atoms with Gasteiger partial charge in [0.2, 0.25) is 0 Å². The molecule has 67 valence electrons. The number of unbranched alkanes of at least 4 members (excludes halogenated alkanes) is 2. The summed E-state index contributed by atoms with van der Waals surface area (Å²) in [5.74, 6) is 1.03. The Morgan fingerprint density at radius 1 is 1.33 bits per heavy atom. The molecular formula is C10H16NO. The highest BCUT2D eigenvalue weighted by Gasteiger charge is 2.04. The van der Waals surface area contributed by atoms with Gasteiger partial charge in [0.1, 0.15) is 5.76 Å². The minimum atomic E-state index is 0.953. The number of hydrogen-bond acceptors (Lipinski definition) is 2. The van der Waals surface area contributed by atoms with Crippen molar-refractivity contribution in [2.24, 2.45) is 0 Å². The Hall–Kier alpha value is -0.790. The second kappa shape index (κ2) is 4.96. The van der Waals surface area contributed by atoms with Crippen LogP contribution in [0.15, 0.2) is 4.42 Å². The van der Waals surface area contributed by atoms with Crippen molar-refractivity contribution < 1.29 is 4.42 Å². The first-order chi connectivity index (χ1) is 5.88. The molecule has 0 fully saturated rings. The standard InChI is InChI=1S/C10H16NO/c1-3-5-6-7-10-9(4-2)11-8-12-10/h3-7H2,1-2H3. The van der Waals surface area contributed by atoms with Crippen LogP contribution in [-0.4, -0.2) is 4.98 Å². The lowest BCUT2D eigenvalue weighted by Crippen LogP contribution is -1.89. The summed E-state index contributed by atoms with van der Waals surface area (Å²) in [6.45, 7) is 4.29. The van der Waals surface area contributed by atoms with Crippen LogP contribution in [-0.2, 0) is 12.8 Å². The van der Waals surface area contributed by atoms with Crippen molar-refractivity contribution in [2.45, 2.75) is 46.0 Å². The Morgan fingerprint density at radius 2 is 2.17 bits per heavy atom. The fraction of sp³-hybridized carbons (Fsp3) is 0.700. The lowest BCUT2D eigenvalue weighted by Gasteiger charge is -1.96. The van der Waals surface area contributed by atoms with E-state index in [4.69, 9.17) is 4.42 Å². The van der Waals surface area contributed by atoms with E-state index < -0.39 is 0 Å². The molecule has 0 saturated carbocycles. The summed E-state index contributed by atoms with van der Waals surface area (Å²) in [6.07, 6.45) is 8.24. The average molecular weight is 166 g/mol. The van der Waals surface area contributed by atoms with Crippen molar-refractivity contribution in [1.82, 2.24) is 4.98 Å². The molecule has 0 aliphatic rings. The number of rotatable bonds is 5. The number of hydrogen-bond donors (Lipinski definition) is 0. The van der Waals surface area contributed by atoms with Gasteiger partial charge in [0, 0.05) is 6.42 Å². The van der Waals surface area contributed by atoms with Gasteiger partial charge in [0.05, 0.1) is 5.69 Å². The first kappa shape index (κ1) is 9.30. The highest BCUT2D eigenvalue weighted by Crippen LogP contribution is 2.11. The van der Waals surface area contributed by atoms with E-state index in [-0.39, 0.29) is 0 Å². The van der Waals surface area contributed by atoms with E-state index in [0.29, 0.717) is 0 Å². The molecule has 0 N–H and O–H groups in total. The summed E-state index contributed by atoms with van der Waals surface area (Å²) in [6, 6.07) is 0. The highest BCUT2D eigenvalue weighted by molar-refractivity contribution is 5.06. The largest absolute Gasteiger partial charge is 0.437 e. The van der Waals surface area contributed by atoms with Crippen molar-refractivity contribution >= 4 is 0 Å². The van der Waals surface area contributed by atoms with Crippen molar-refractivity contribution in [3.8, 4) is 0 Å². The van der Waals surface area contributed by atoms with E-state index in [2.05, 4.69) is 25.2 Å². The third-order valence-corrected chi connectivity index (χ3v) is 2.01. The Balaban J connectivity index is 2.39. The van der Waals surface area contributed by atoms with Crippen LogP contribution in [0.2, 0.25) is 0 Å². The summed E-state index contributed by atoms with van der Waals surface area (Å²) in [4.78, 5) is 4.02. The molecule has 1 aromatic rings. The van der Waals surface area contributed by atoms with Crippen LogP contribution in [0.5, 0.6) is 0 Å². The number of aryl methyl sites for hydroxylation is 2. The Bertz CT molecular complexity index is 217. The number of oxazole rings is 1. The molecule has 2 nitrogen and oxygen atoms in total. The number of aromatic nitrogens is 1. The minimum absolute atomic E-state index is 0.953. The van der Waals surface area contributed by atoms with Gasteiger partial charge in [-0.05, 0) is 12.8 Å². The van der Waals surface area contributed by atoms with Crippen LogP contribution in [0.25, 0.3) is 0 Å². The molecule has 1 radical (unpaired) electrons. The Labute approximate surface area is 74.0 Å². The van der Waals surface area contributed by atoms with Crippen LogP contribution in [0, 0.1) is 6.39 Å². The molecule has 0 atom stereocenters. The monoisotopic (exact) mass is 166 g/mol. The van der Waals surface area contributed by atoms with Crippen LogP contribution < -0.4 is 0 Å². The van der Waals surface area contributed by atoms with Gasteiger partial charge < -0.3 is 4.42 Å². The zero-order chi connectivity index (χ0) is 8.81. The molecule has 1 heterocycles. The Morgan fingerprint density at radius 3 is 2.83 bits per heavy atom. The zero-order valence-electron chi connectivity index (χ0n) is 7.89. The number of nitrogens with zero attached hydrogens (tertiary/aromatic N) is 1. The van der Waals surface area contributed by atoms with E-state index in [1.165, 1.54) is 19.3 Å². The van der Waals surface area contributed by atoms with Crippen molar-refractivity contribution in [2.75, 3.05) is 0 Å². The third-order valence-electron chi connectivity index (χ3n) is 2.01.